The van der Waals surface area contributed by atoms with Crippen LogP contribution in [-0.2, 0) is 0 Å². The Bertz CT molecular complexity index is 630. The van der Waals surface area contributed by atoms with E-state index in [1.54, 1.807) is 12.1 Å². The van der Waals surface area contributed by atoms with Crippen LogP contribution in [-0.4, -0.2) is 28.6 Å². The van der Waals surface area contributed by atoms with Gasteiger partial charge in [-0.2, -0.15) is 0 Å². The first-order chi connectivity index (χ1) is 11.4. The third kappa shape index (κ3) is 4.51. The third-order valence-corrected chi connectivity index (χ3v) is 4.63. The van der Waals surface area contributed by atoms with E-state index in [0.29, 0.717) is 23.5 Å². The smallest absolute Gasteiger partial charge is 0.119 e. The van der Waals surface area contributed by atoms with Crippen LogP contribution < -0.4 is 5.73 Å². The molecule has 0 bridgehead atoms. The molecule has 0 aliphatic carbocycles. The minimum Gasteiger partial charge on any atom is -0.508 e. The topological polar surface area (TPSA) is 49.5 Å². The number of rotatable bonds is 7. The highest BCUT2D eigenvalue weighted by atomic mass is 16.3. The van der Waals surface area contributed by atoms with E-state index in [1.165, 1.54) is 5.56 Å². The Labute approximate surface area is 146 Å². The number of hydrogen-bond acceptors (Lipinski definition) is 3. The maximum atomic E-state index is 10.4. The first-order valence-electron chi connectivity index (χ1n) is 8.79. The predicted octanol–water partition coefficient (Wildman–Crippen LogP) is 4.62. The Morgan fingerprint density at radius 2 is 1.58 bits per heavy atom. The van der Waals surface area contributed by atoms with Crippen LogP contribution in [0.25, 0.3) is 0 Å². The van der Waals surface area contributed by atoms with Crippen molar-refractivity contribution >= 4 is 5.69 Å². The summed E-state index contributed by atoms with van der Waals surface area (Å²) in [5.74, 6) is 0.452. The van der Waals surface area contributed by atoms with E-state index in [-0.39, 0.29) is 5.92 Å². The van der Waals surface area contributed by atoms with Gasteiger partial charge in [-0.15, -0.1) is 0 Å². The SMILES string of the molecule is CC(C)N(CC[C@H](c1ccccc1)c1cc(N)ccc1O)C(C)C. The average Bonchev–Trinajstić information content (AvgIpc) is 2.54. The fraction of sp³-hybridized carbons (Fsp3) is 0.429. The molecule has 2 aromatic rings. The molecule has 0 unspecified atom stereocenters. The lowest BCUT2D eigenvalue weighted by molar-refractivity contribution is 0.170. The number of benzene rings is 2. The molecular formula is C21H30N2O. The van der Waals surface area contributed by atoms with E-state index in [2.05, 4.69) is 44.7 Å². The molecule has 0 aromatic heterocycles. The van der Waals surface area contributed by atoms with Crippen molar-refractivity contribution in [2.75, 3.05) is 12.3 Å². The van der Waals surface area contributed by atoms with E-state index in [4.69, 9.17) is 5.73 Å². The molecule has 3 heteroatoms. The molecular weight excluding hydrogens is 296 g/mol. The first kappa shape index (κ1) is 18.3. The van der Waals surface area contributed by atoms with Crippen molar-refractivity contribution in [3.05, 3.63) is 59.7 Å². The van der Waals surface area contributed by atoms with Crippen LogP contribution >= 0.6 is 0 Å². The molecule has 0 radical (unpaired) electrons. The molecule has 0 heterocycles. The van der Waals surface area contributed by atoms with Gasteiger partial charge in [0.15, 0.2) is 0 Å². The van der Waals surface area contributed by atoms with Gasteiger partial charge in [-0.25, -0.2) is 0 Å². The number of nitrogen functional groups attached to an aromatic ring is 1. The number of nitrogens with zero attached hydrogens (tertiary/aromatic N) is 1. The summed E-state index contributed by atoms with van der Waals surface area (Å²) in [5.41, 5.74) is 8.79. The number of hydrogen-bond donors (Lipinski definition) is 2. The van der Waals surface area contributed by atoms with Gasteiger partial charge in [0.2, 0.25) is 0 Å². The normalized spacial score (nSPS) is 13.0. The van der Waals surface area contributed by atoms with E-state index >= 15 is 0 Å². The molecule has 0 saturated heterocycles. The highest BCUT2D eigenvalue weighted by Gasteiger charge is 2.21. The van der Waals surface area contributed by atoms with Gasteiger partial charge in [0.05, 0.1) is 0 Å². The van der Waals surface area contributed by atoms with E-state index < -0.39 is 0 Å². The standard InChI is InChI=1S/C21H30N2O/c1-15(2)23(16(3)4)13-12-19(17-8-6-5-7-9-17)20-14-18(22)10-11-21(20)24/h5-11,14-16,19,24H,12-13,22H2,1-4H3/t19-/m1/s1. The van der Waals surface area contributed by atoms with Crippen molar-refractivity contribution in [1.29, 1.82) is 0 Å². The summed E-state index contributed by atoms with van der Waals surface area (Å²) in [6.07, 6.45) is 0.942. The van der Waals surface area contributed by atoms with Crippen LogP contribution in [0.2, 0.25) is 0 Å². The molecule has 2 aromatic carbocycles. The quantitative estimate of drug-likeness (QED) is 0.577. The van der Waals surface area contributed by atoms with Gasteiger partial charge in [0.1, 0.15) is 5.75 Å². The molecule has 0 aliphatic heterocycles. The number of anilines is 1. The van der Waals surface area contributed by atoms with Gasteiger partial charge in [0.25, 0.3) is 0 Å². The highest BCUT2D eigenvalue weighted by Crippen LogP contribution is 2.35. The van der Waals surface area contributed by atoms with Gasteiger partial charge >= 0.3 is 0 Å². The Morgan fingerprint density at radius 3 is 2.17 bits per heavy atom. The van der Waals surface area contributed by atoms with E-state index in [0.717, 1.165) is 18.5 Å². The zero-order chi connectivity index (χ0) is 17.7. The number of nitrogens with two attached hydrogens (primary N) is 1. The summed E-state index contributed by atoms with van der Waals surface area (Å²) in [4.78, 5) is 2.49. The van der Waals surface area contributed by atoms with Crippen molar-refractivity contribution < 1.29 is 5.11 Å². The van der Waals surface area contributed by atoms with Crippen LogP contribution in [0.3, 0.4) is 0 Å². The summed E-state index contributed by atoms with van der Waals surface area (Å²) in [5, 5.41) is 10.4. The first-order valence-corrected chi connectivity index (χ1v) is 8.79. The van der Waals surface area contributed by atoms with Crippen LogP contribution in [0.4, 0.5) is 5.69 Å². The summed E-state index contributed by atoms with van der Waals surface area (Å²) < 4.78 is 0. The monoisotopic (exact) mass is 326 g/mol. The maximum absolute atomic E-state index is 10.4. The van der Waals surface area contributed by atoms with Crippen LogP contribution in [0.15, 0.2) is 48.5 Å². The summed E-state index contributed by atoms with van der Waals surface area (Å²) in [6.45, 7) is 9.90. The lowest BCUT2D eigenvalue weighted by Gasteiger charge is -2.32. The minimum absolute atomic E-state index is 0.134. The number of phenolic OH excluding ortho intramolecular Hbond substituents is 1. The Kier molecular flexibility index (Phi) is 6.27. The van der Waals surface area contributed by atoms with Gasteiger partial charge in [-0.3, -0.25) is 4.90 Å². The van der Waals surface area contributed by atoms with Crippen molar-refractivity contribution in [2.24, 2.45) is 0 Å². The Hall–Kier alpha value is -2.00. The molecule has 130 valence electrons. The highest BCUT2D eigenvalue weighted by molar-refractivity contribution is 5.51. The lowest BCUT2D eigenvalue weighted by atomic mass is 9.87. The number of aromatic hydroxyl groups is 1. The Morgan fingerprint density at radius 1 is 0.958 bits per heavy atom. The van der Waals surface area contributed by atoms with Crippen molar-refractivity contribution in [3.63, 3.8) is 0 Å². The molecule has 3 nitrogen and oxygen atoms in total. The summed E-state index contributed by atoms with van der Waals surface area (Å²) in [6, 6.07) is 16.7. The van der Waals surface area contributed by atoms with Gasteiger partial charge in [-0.1, -0.05) is 30.3 Å². The second-order valence-electron chi connectivity index (χ2n) is 7.00. The predicted molar refractivity (Wildman–Crippen MR) is 102 cm³/mol. The van der Waals surface area contributed by atoms with Crippen LogP contribution in [0, 0.1) is 0 Å². The van der Waals surface area contributed by atoms with Gasteiger partial charge in [-0.05, 0) is 64.4 Å². The molecule has 0 amide bonds. The Balaban J connectivity index is 2.32. The lowest BCUT2D eigenvalue weighted by Crippen LogP contribution is -2.38. The van der Waals surface area contributed by atoms with Crippen molar-refractivity contribution in [3.8, 4) is 5.75 Å². The van der Waals surface area contributed by atoms with Gasteiger partial charge in [0, 0.05) is 29.3 Å². The zero-order valence-corrected chi connectivity index (χ0v) is 15.2. The van der Waals surface area contributed by atoms with Crippen LogP contribution in [0.5, 0.6) is 5.75 Å². The molecule has 0 saturated carbocycles. The molecule has 3 N–H and O–H groups in total. The average molecular weight is 326 g/mol. The zero-order valence-electron chi connectivity index (χ0n) is 15.2. The van der Waals surface area contributed by atoms with Gasteiger partial charge < -0.3 is 10.8 Å². The van der Waals surface area contributed by atoms with E-state index in [1.807, 2.05) is 24.3 Å². The molecule has 1 atom stereocenters. The molecule has 0 spiro atoms. The summed E-state index contributed by atoms with van der Waals surface area (Å²) in [7, 11) is 0. The fourth-order valence-corrected chi connectivity index (χ4v) is 3.43. The van der Waals surface area contributed by atoms with E-state index in [9.17, 15) is 5.11 Å². The maximum Gasteiger partial charge on any atom is 0.119 e. The summed E-state index contributed by atoms with van der Waals surface area (Å²) >= 11 is 0. The third-order valence-electron chi connectivity index (χ3n) is 4.63. The molecule has 0 fully saturated rings. The molecule has 2 rings (SSSR count). The molecule has 24 heavy (non-hydrogen) atoms. The number of phenols is 1. The molecule has 0 aliphatic rings. The second kappa shape index (κ2) is 8.20. The van der Waals surface area contributed by atoms with Crippen LogP contribution in [0.1, 0.15) is 51.2 Å². The fourth-order valence-electron chi connectivity index (χ4n) is 3.43. The van der Waals surface area contributed by atoms with Crippen molar-refractivity contribution in [2.45, 2.75) is 52.1 Å². The van der Waals surface area contributed by atoms with Crippen molar-refractivity contribution in [1.82, 2.24) is 4.90 Å². The second-order valence-corrected chi connectivity index (χ2v) is 7.00. The minimum atomic E-state index is 0.134. The largest absolute Gasteiger partial charge is 0.508 e.